The Kier molecular flexibility index (Phi) is 5.52. The normalized spacial score (nSPS) is 30.5. The predicted molar refractivity (Wildman–Crippen MR) is 119 cm³/mol. The zero-order valence-corrected chi connectivity index (χ0v) is 18.9. The fourth-order valence-corrected chi connectivity index (χ4v) is 5.68. The van der Waals surface area contributed by atoms with Gasteiger partial charge in [0.15, 0.2) is 0 Å². The van der Waals surface area contributed by atoms with Crippen molar-refractivity contribution >= 4 is 23.6 Å². The molecule has 9 nitrogen and oxygen atoms in total. The average Bonchev–Trinajstić information content (AvgIpc) is 3.48. The van der Waals surface area contributed by atoms with Crippen LogP contribution >= 0.6 is 0 Å². The summed E-state index contributed by atoms with van der Waals surface area (Å²) in [4.78, 5) is 42.4. The van der Waals surface area contributed by atoms with E-state index in [1.165, 1.54) is 0 Å². The lowest BCUT2D eigenvalue weighted by atomic mass is 9.76. The van der Waals surface area contributed by atoms with E-state index in [9.17, 15) is 14.4 Å². The monoisotopic (exact) mass is 455 g/mol. The van der Waals surface area contributed by atoms with Gasteiger partial charge in [0.25, 0.3) is 0 Å². The van der Waals surface area contributed by atoms with Crippen LogP contribution in [0.15, 0.2) is 36.4 Å². The number of methoxy groups -OCH3 is 1. The minimum atomic E-state index is -0.761. The largest absolute Gasteiger partial charge is 0.495 e. The first kappa shape index (κ1) is 21.8. The Labute approximate surface area is 192 Å². The van der Waals surface area contributed by atoms with Crippen molar-refractivity contribution in [3.8, 4) is 5.75 Å². The molecule has 0 radical (unpaired) electrons. The van der Waals surface area contributed by atoms with Crippen LogP contribution in [0.4, 0.5) is 10.5 Å². The Hall–Kier alpha value is -3.07. The van der Waals surface area contributed by atoms with Crippen molar-refractivity contribution in [1.82, 2.24) is 9.80 Å². The molecule has 5 rings (SSSR count). The second-order valence-corrected chi connectivity index (χ2v) is 8.97. The second-order valence-electron chi connectivity index (χ2n) is 8.97. The first-order valence-electron chi connectivity index (χ1n) is 11.5. The first-order valence-corrected chi connectivity index (χ1v) is 11.5. The molecule has 3 saturated heterocycles. The van der Waals surface area contributed by atoms with Crippen LogP contribution in [0, 0.1) is 11.8 Å². The molecule has 176 valence electrons. The molecule has 4 heterocycles. The number of para-hydroxylation sites is 2. The fraction of sp³-hybridized carbons (Fsp3) is 0.542. The molecule has 1 aromatic carbocycles. The molecule has 4 atom stereocenters. The van der Waals surface area contributed by atoms with Gasteiger partial charge < -0.3 is 29.3 Å². The maximum absolute atomic E-state index is 13.6. The Morgan fingerprint density at radius 2 is 2.00 bits per heavy atom. The number of fused-ring (bicyclic) bond motifs is 1. The average molecular weight is 456 g/mol. The minimum Gasteiger partial charge on any atom is -0.495 e. The summed E-state index contributed by atoms with van der Waals surface area (Å²) in [5.74, 6) is -0.875. The van der Waals surface area contributed by atoms with E-state index in [2.05, 4.69) is 5.32 Å². The number of nitrogens with one attached hydrogen (secondary N) is 1. The number of anilines is 1. The van der Waals surface area contributed by atoms with E-state index in [-0.39, 0.29) is 23.9 Å². The SMILES string of the molecule is CCOC(=O)N1CCC(N2CC34C=C[C@@H](O3)C(C(=O)Nc3ccccc3OC)[C@@H]4C2=O)CC1. The molecule has 1 aromatic rings. The number of hydrogen-bond donors (Lipinski definition) is 1. The van der Waals surface area contributed by atoms with Crippen LogP contribution in [-0.2, 0) is 19.1 Å². The van der Waals surface area contributed by atoms with Crippen molar-refractivity contribution in [2.75, 3.05) is 38.7 Å². The molecule has 2 unspecified atom stereocenters. The number of ether oxygens (including phenoxy) is 3. The maximum atomic E-state index is 13.6. The smallest absolute Gasteiger partial charge is 0.409 e. The lowest BCUT2D eigenvalue weighted by Crippen LogP contribution is -2.49. The highest BCUT2D eigenvalue weighted by Crippen LogP contribution is 2.53. The number of piperidine rings is 1. The van der Waals surface area contributed by atoms with Gasteiger partial charge in [-0.2, -0.15) is 0 Å². The summed E-state index contributed by atoms with van der Waals surface area (Å²) in [5, 5.41) is 2.94. The zero-order chi connectivity index (χ0) is 23.2. The highest BCUT2D eigenvalue weighted by molar-refractivity contribution is 6.00. The number of likely N-dealkylation sites (tertiary alicyclic amines) is 2. The van der Waals surface area contributed by atoms with Crippen molar-refractivity contribution < 1.29 is 28.6 Å². The van der Waals surface area contributed by atoms with Gasteiger partial charge in [0, 0.05) is 19.1 Å². The van der Waals surface area contributed by atoms with Gasteiger partial charge in [0.1, 0.15) is 11.4 Å². The number of carbonyl (C=O) groups is 3. The predicted octanol–water partition coefficient (Wildman–Crippen LogP) is 2.04. The van der Waals surface area contributed by atoms with Crippen LogP contribution in [0.2, 0.25) is 0 Å². The molecule has 9 heteroatoms. The van der Waals surface area contributed by atoms with Gasteiger partial charge in [-0.15, -0.1) is 0 Å². The summed E-state index contributed by atoms with van der Waals surface area (Å²) in [6, 6.07) is 7.22. The van der Waals surface area contributed by atoms with Crippen molar-refractivity contribution in [2.45, 2.75) is 37.5 Å². The minimum absolute atomic E-state index is 0.0112. The molecular weight excluding hydrogens is 426 g/mol. The van der Waals surface area contributed by atoms with Gasteiger partial charge >= 0.3 is 6.09 Å². The standard InChI is InChI=1S/C24H29N3O6/c1-3-32-23(30)26-12-9-15(10-13-26)27-14-24-11-8-18(33-24)19(20(24)22(27)29)21(28)25-16-6-4-5-7-17(16)31-2/h4-8,11,15,18-20H,3,9-10,12-14H2,1-2H3,(H,25,28)/t18-,19?,20-,24?/m1/s1. The number of carbonyl (C=O) groups excluding carboxylic acids is 3. The highest BCUT2D eigenvalue weighted by atomic mass is 16.6. The van der Waals surface area contributed by atoms with Gasteiger partial charge in [-0.1, -0.05) is 24.3 Å². The molecule has 3 amide bonds. The lowest BCUT2D eigenvalue weighted by Gasteiger charge is -2.37. The van der Waals surface area contributed by atoms with E-state index >= 15 is 0 Å². The molecule has 2 bridgehead atoms. The van der Waals surface area contributed by atoms with E-state index in [0.29, 0.717) is 50.5 Å². The van der Waals surface area contributed by atoms with E-state index in [1.54, 1.807) is 31.1 Å². The van der Waals surface area contributed by atoms with Crippen molar-refractivity contribution in [3.05, 3.63) is 36.4 Å². The van der Waals surface area contributed by atoms with Gasteiger partial charge in [0.2, 0.25) is 11.8 Å². The van der Waals surface area contributed by atoms with Crippen LogP contribution in [0.1, 0.15) is 19.8 Å². The van der Waals surface area contributed by atoms with Crippen LogP contribution in [-0.4, -0.2) is 78.8 Å². The topological polar surface area (TPSA) is 97.4 Å². The van der Waals surface area contributed by atoms with Crippen LogP contribution in [0.3, 0.4) is 0 Å². The number of hydrogen-bond acceptors (Lipinski definition) is 6. The van der Waals surface area contributed by atoms with Gasteiger partial charge in [-0.05, 0) is 31.9 Å². The maximum Gasteiger partial charge on any atom is 0.409 e. The van der Waals surface area contributed by atoms with E-state index in [4.69, 9.17) is 14.2 Å². The Morgan fingerprint density at radius 1 is 1.24 bits per heavy atom. The third kappa shape index (κ3) is 3.55. The van der Waals surface area contributed by atoms with Crippen molar-refractivity contribution in [3.63, 3.8) is 0 Å². The molecule has 0 aliphatic carbocycles. The Balaban J connectivity index is 1.30. The summed E-state index contributed by atoms with van der Waals surface area (Å²) in [7, 11) is 1.55. The van der Waals surface area contributed by atoms with Gasteiger partial charge in [-0.25, -0.2) is 4.79 Å². The van der Waals surface area contributed by atoms with Crippen LogP contribution in [0.25, 0.3) is 0 Å². The number of nitrogens with zero attached hydrogens (tertiary/aromatic N) is 2. The Bertz CT molecular complexity index is 988. The van der Waals surface area contributed by atoms with E-state index in [1.807, 2.05) is 29.2 Å². The third-order valence-corrected chi connectivity index (χ3v) is 7.23. The number of benzene rings is 1. The quantitative estimate of drug-likeness (QED) is 0.683. The third-order valence-electron chi connectivity index (χ3n) is 7.23. The highest BCUT2D eigenvalue weighted by Gasteiger charge is 2.67. The molecule has 0 saturated carbocycles. The second kappa shape index (κ2) is 8.37. The number of amides is 3. The Morgan fingerprint density at radius 3 is 2.73 bits per heavy atom. The molecule has 33 heavy (non-hydrogen) atoms. The first-order chi connectivity index (χ1) is 16.0. The molecule has 1 N–H and O–H groups in total. The molecule has 4 aliphatic rings. The van der Waals surface area contributed by atoms with E-state index in [0.717, 1.165) is 0 Å². The van der Waals surface area contributed by atoms with Crippen LogP contribution in [0.5, 0.6) is 5.75 Å². The summed E-state index contributed by atoms with van der Waals surface area (Å²) >= 11 is 0. The number of rotatable bonds is 5. The summed E-state index contributed by atoms with van der Waals surface area (Å²) in [5.41, 5.74) is -0.192. The van der Waals surface area contributed by atoms with Crippen LogP contribution < -0.4 is 10.1 Å². The van der Waals surface area contributed by atoms with E-state index < -0.39 is 23.5 Å². The zero-order valence-electron chi connectivity index (χ0n) is 18.9. The summed E-state index contributed by atoms with van der Waals surface area (Å²) < 4.78 is 16.7. The fourth-order valence-electron chi connectivity index (χ4n) is 5.68. The molecule has 4 aliphatic heterocycles. The molecule has 1 spiro atoms. The summed E-state index contributed by atoms with van der Waals surface area (Å²) in [6.07, 6.45) is 4.50. The van der Waals surface area contributed by atoms with Crippen molar-refractivity contribution in [1.29, 1.82) is 0 Å². The summed E-state index contributed by atoms with van der Waals surface area (Å²) in [6.45, 7) is 3.65. The van der Waals surface area contributed by atoms with Gasteiger partial charge in [0.05, 0.1) is 43.9 Å². The molecule has 0 aromatic heterocycles. The molecule has 3 fully saturated rings. The van der Waals surface area contributed by atoms with Crippen molar-refractivity contribution in [2.24, 2.45) is 11.8 Å². The molecular formula is C24H29N3O6. The van der Waals surface area contributed by atoms with Gasteiger partial charge in [-0.3, -0.25) is 9.59 Å². The lowest BCUT2D eigenvalue weighted by molar-refractivity contribution is -0.138.